The highest BCUT2D eigenvalue weighted by atomic mass is 16.2. The van der Waals surface area contributed by atoms with Crippen LogP contribution in [0.2, 0.25) is 0 Å². The highest BCUT2D eigenvalue weighted by molar-refractivity contribution is 6.38. The molecule has 0 aromatic heterocycles. The molecular weight excluding hydrogens is 396 g/mol. The Balaban J connectivity index is 1.41. The Labute approximate surface area is 184 Å². The van der Waals surface area contributed by atoms with Crippen molar-refractivity contribution in [3.8, 4) is 0 Å². The molecule has 8 heteroatoms. The monoisotopic (exact) mass is 432 g/mol. The quantitative estimate of drug-likeness (QED) is 0.498. The van der Waals surface area contributed by atoms with Crippen molar-refractivity contribution in [2.75, 3.05) is 13.1 Å². The van der Waals surface area contributed by atoms with E-state index in [0.29, 0.717) is 13.1 Å². The number of hydrazine groups is 1. The molecule has 2 saturated carbocycles. The Bertz CT molecular complexity index is 698. The van der Waals surface area contributed by atoms with E-state index in [0.717, 1.165) is 83.5 Å². The Morgan fingerprint density at radius 1 is 0.839 bits per heavy atom. The van der Waals surface area contributed by atoms with E-state index in [1.165, 1.54) is 5.01 Å². The van der Waals surface area contributed by atoms with Gasteiger partial charge in [-0.15, -0.1) is 0 Å². The van der Waals surface area contributed by atoms with Crippen LogP contribution in [0, 0.1) is 11.8 Å². The van der Waals surface area contributed by atoms with E-state index < -0.39 is 17.7 Å². The second-order valence-electron chi connectivity index (χ2n) is 9.76. The number of hydrogen-bond donors (Lipinski definition) is 2. The van der Waals surface area contributed by atoms with E-state index in [1.807, 2.05) is 0 Å². The summed E-state index contributed by atoms with van der Waals surface area (Å²) in [6.07, 6.45) is 12.8. The lowest BCUT2D eigenvalue weighted by Gasteiger charge is -2.31. The van der Waals surface area contributed by atoms with Crippen LogP contribution in [0.3, 0.4) is 0 Å². The topological polar surface area (TPSA) is 98.8 Å². The fraction of sp³-hybridized carbons (Fsp3) is 0.826. The largest absolute Gasteiger partial charge is 0.345 e. The minimum absolute atomic E-state index is 0.0147. The number of fused-ring (bicyclic) bond motifs is 1. The number of urea groups is 1. The van der Waals surface area contributed by atoms with Crippen molar-refractivity contribution in [3.63, 3.8) is 0 Å². The third-order valence-corrected chi connectivity index (χ3v) is 7.63. The van der Waals surface area contributed by atoms with Crippen molar-refractivity contribution in [3.05, 3.63) is 0 Å². The zero-order chi connectivity index (χ0) is 21.8. The van der Waals surface area contributed by atoms with Crippen molar-refractivity contribution in [2.45, 2.75) is 95.6 Å². The van der Waals surface area contributed by atoms with Crippen molar-refractivity contribution in [1.29, 1.82) is 0 Å². The number of carbonyl (C=O) groups is 4. The third-order valence-electron chi connectivity index (χ3n) is 7.63. The molecule has 31 heavy (non-hydrogen) atoms. The lowest BCUT2D eigenvalue weighted by molar-refractivity contribution is -0.143. The van der Waals surface area contributed by atoms with Crippen LogP contribution in [0.15, 0.2) is 0 Å². The Hall–Kier alpha value is -2.12. The van der Waals surface area contributed by atoms with Gasteiger partial charge in [-0.1, -0.05) is 44.9 Å². The molecule has 4 fully saturated rings. The van der Waals surface area contributed by atoms with Gasteiger partial charge in [0, 0.05) is 12.5 Å². The lowest BCUT2D eigenvalue weighted by Crippen LogP contribution is -2.56. The van der Waals surface area contributed by atoms with Gasteiger partial charge >= 0.3 is 11.9 Å². The summed E-state index contributed by atoms with van der Waals surface area (Å²) in [7, 11) is 0. The predicted molar refractivity (Wildman–Crippen MR) is 115 cm³/mol. The normalized spacial score (nSPS) is 26.3. The number of rotatable bonds is 6. The summed E-state index contributed by atoms with van der Waals surface area (Å²) < 4.78 is 0. The van der Waals surface area contributed by atoms with E-state index >= 15 is 0 Å². The van der Waals surface area contributed by atoms with Crippen molar-refractivity contribution in [1.82, 2.24) is 20.7 Å². The molecule has 4 amide bonds. The average molecular weight is 433 g/mol. The summed E-state index contributed by atoms with van der Waals surface area (Å²) in [6, 6.07) is -0.916. The first-order valence-corrected chi connectivity index (χ1v) is 12.3. The molecule has 0 aromatic carbocycles. The molecule has 2 N–H and O–H groups in total. The van der Waals surface area contributed by atoms with Crippen molar-refractivity contribution < 1.29 is 19.2 Å². The van der Waals surface area contributed by atoms with Gasteiger partial charge in [-0.3, -0.25) is 19.8 Å². The van der Waals surface area contributed by atoms with Crippen LogP contribution in [0.5, 0.6) is 0 Å². The zero-order valence-corrected chi connectivity index (χ0v) is 18.4. The average Bonchev–Trinajstić information content (AvgIpc) is 3.23. The summed E-state index contributed by atoms with van der Waals surface area (Å²) in [5, 5.41) is 4.25. The van der Waals surface area contributed by atoms with Crippen LogP contribution in [-0.2, 0) is 14.4 Å². The van der Waals surface area contributed by atoms with Gasteiger partial charge in [0.2, 0.25) is 11.7 Å². The van der Waals surface area contributed by atoms with Crippen LogP contribution in [0.4, 0.5) is 4.79 Å². The van der Waals surface area contributed by atoms with Gasteiger partial charge in [0.05, 0.1) is 12.6 Å². The molecule has 4 aliphatic rings. The maximum absolute atomic E-state index is 13.2. The number of Topliss-reactive ketones (excluding diaryl/α,β-unsaturated/α-hetero) is 1. The van der Waals surface area contributed by atoms with Gasteiger partial charge < -0.3 is 10.2 Å². The summed E-state index contributed by atoms with van der Waals surface area (Å²) in [5.41, 5.74) is 2.54. The van der Waals surface area contributed by atoms with E-state index in [4.69, 9.17) is 0 Å². The standard InChI is InChI=1S/C23H36N4O4/c28-20(22(30)25-27-15-18-13-8-14-26(18)23(27)31)19(16-9-6-3-7-10-16)24-21(29)17-11-4-1-2-5-12-17/h16-19H,1-15H2,(H,24,29)(H,25,30)/t18-,19?/m1/s1. The molecular formula is C23H36N4O4. The fourth-order valence-corrected chi connectivity index (χ4v) is 5.81. The molecule has 0 bridgehead atoms. The van der Waals surface area contributed by atoms with E-state index in [2.05, 4.69) is 10.7 Å². The first kappa shape index (κ1) is 22.1. The van der Waals surface area contributed by atoms with Crippen LogP contribution in [0.1, 0.15) is 83.5 Å². The molecule has 2 heterocycles. The van der Waals surface area contributed by atoms with Gasteiger partial charge in [-0.25, -0.2) is 9.80 Å². The highest BCUT2D eigenvalue weighted by Gasteiger charge is 2.43. The summed E-state index contributed by atoms with van der Waals surface area (Å²) in [5.74, 6) is -1.58. The number of carbonyl (C=O) groups excluding carboxylic acids is 4. The molecule has 0 aromatic rings. The van der Waals surface area contributed by atoms with Gasteiger partial charge in [0.1, 0.15) is 6.04 Å². The van der Waals surface area contributed by atoms with Crippen LogP contribution < -0.4 is 10.7 Å². The van der Waals surface area contributed by atoms with E-state index in [-0.39, 0.29) is 29.8 Å². The van der Waals surface area contributed by atoms with Gasteiger partial charge in [-0.2, -0.15) is 0 Å². The van der Waals surface area contributed by atoms with Gasteiger partial charge in [0.25, 0.3) is 0 Å². The molecule has 172 valence electrons. The Morgan fingerprint density at radius 3 is 2.16 bits per heavy atom. The highest BCUT2D eigenvalue weighted by Crippen LogP contribution is 2.29. The van der Waals surface area contributed by atoms with Gasteiger partial charge in [-0.05, 0) is 44.4 Å². The number of ketones is 1. The summed E-state index contributed by atoms with van der Waals surface area (Å²) >= 11 is 0. The van der Waals surface area contributed by atoms with Crippen LogP contribution in [0.25, 0.3) is 0 Å². The first-order chi connectivity index (χ1) is 15.0. The molecule has 0 spiro atoms. The SMILES string of the molecule is O=C(NN1C[C@H]2CCCN2C1=O)C(=O)C(NC(=O)C1CCCCCC1)C1CCCCC1. The molecule has 1 unspecified atom stereocenters. The first-order valence-electron chi connectivity index (χ1n) is 12.3. The van der Waals surface area contributed by atoms with Gasteiger partial charge in [0.15, 0.2) is 0 Å². The van der Waals surface area contributed by atoms with Crippen LogP contribution in [-0.4, -0.2) is 58.7 Å². The molecule has 2 saturated heterocycles. The maximum atomic E-state index is 13.2. The third kappa shape index (κ3) is 5.04. The molecule has 0 radical (unpaired) electrons. The maximum Gasteiger partial charge on any atom is 0.339 e. The molecule has 4 rings (SSSR count). The fourth-order valence-electron chi connectivity index (χ4n) is 5.81. The number of amides is 4. The molecule has 2 atom stereocenters. The summed E-state index contributed by atoms with van der Waals surface area (Å²) in [6.45, 7) is 1.12. The minimum Gasteiger partial charge on any atom is -0.345 e. The van der Waals surface area contributed by atoms with Crippen LogP contribution >= 0.6 is 0 Å². The van der Waals surface area contributed by atoms with Crippen molar-refractivity contribution in [2.24, 2.45) is 11.8 Å². The molecule has 2 aliphatic carbocycles. The molecule has 8 nitrogen and oxygen atoms in total. The molecule has 2 aliphatic heterocycles. The number of nitrogens with zero attached hydrogens (tertiary/aromatic N) is 2. The number of hydrogen-bond acceptors (Lipinski definition) is 4. The zero-order valence-electron chi connectivity index (χ0n) is 18.4. The number of nitrogens with one attached hydrogen (secondary N) is 2. The second-order valence-corrected chi connectivity index (χ2v) is 9.76. The predicted octanol–water partition coefficient (Wildman–Crippen LogP) is 2.52. The lowest BCUT2D eigenvalue weighted by atomic mass is 9.81. The van der Waals surface area contributed by atoms with E-state index in [1.54, 1.807) is 4.90 Å². The Kier molecular flexibility index (Phi) is 7.13. The van der Waals surface area contributed by atoms with Crippen molar-refractivity contribution >= 4 is 23.6 Å². The Morgan fingerprint density at radius 2 is 1.48 bits per heavy atom. The second kappa shape index (κ2) is 10.0. The minimum atomic E-state index is -0.798. The summed E-state index contributed by atoms with van der Waals surface area (Å²) in [4.78, 5) is 53.3. The van der Waals surface area contributed by atoms with E-state index in [9.17, 15) is 19.2 Å². The smallest absolute Gasteiger partial charge is 0.339 e.